The van der Waals surface area contributed by atoms with E-state index in [0.29, 0.717) is 11.8 Å². The molecule has 3 atom stereocenters. The zero-order valence-corrected chi connectivity index (χ0v) is 13.4. The van der Waals surface area contributed by atoms with Crippen LogP contribution in [0.1, 0.15) is 44.0 Å². The number of aliphatic hydroxyl groups is 1. The van der Waals surface area contributed by atoms with Crippen LogP contribution in [-0.4, -0.2) is 40.2 Å². The highest BCUT2D eigenvalue weighted by atomic mass is 16.3. The fourth-order valence-corrected chi connectivity index (χ4v) is 4.35. The van der Waals surface area contributed by atoms with Crippen molar-refractivity contribution in [2.75, 3.05) is 19.6 Å². The molecule has 2 heterocycles. The minimum Gasteiger partial charge on any atom is -0.390 e. The summed E-state index contributed by atoms with van der Waals surface area (Å²) in [6.45, 7) is 7.50. The van der Waals surface area contributed by atoms with Crippen LogP contribution in [0.2, 0.25) is 0 Å². The van der Waals surface area contributed by atoms with E-state index in [1.54, 1.807) is 0 Å². The molecule has 2 aliphatic rings. The molecule has 1 N–H and O–H groups in total. The molecule has 2 fully saturated rings. The van der Waals surface area contributed by atoms with Crippen molar-refractivity contribution in [1.82, 2.24) is 9.88 Å². The van der Waals surface area contributed by atoms with E-state index >= 15 is 0 Å². The Labute approximate surface area is 128 Å². The average Bonchev–Trinajstić information content (AvgIpc) is 2.90. The van der Waals surface area contributed by atoms with E-state index in [4.69, 9.17) is 0 Å². The highest BCUT2D eigenvalue weighted by molar-refractivity contribution is 5.10. The summed E-state index contributed by atoms with van der Waals surface area (Å²) in [5.41, 5.74) is 1.89. The number of hydrogen-bond acceptors (Lipinski definition) is 3. The van der Waals surface area contributed by atoms with E-state index in [1.165, 1.54) is 25.1 Å². The number of fused-ring (bicyclic) bond motifs is 1. The zero-order chi connectivity index (χ0) is 14.9. The molecule has 1 aliphatic heterocycles. The first-order valence-electron chi connectivity index (χ1n) is 8.48. The summed E-state index contributed by atoms with van der Waals surface area (Å²) in [5, 5.41) is 10.9. The summed E-state index contributed by atoms with van der Waals surface area (Å²) in [6.07, 6.45) is 5.41. The molecule has 21 heavy (non-hydrogen) atoms. The van der Waals surface area contributed by atoms with Gasteiger partial charge in [0.2, 0.25) is 0 Å². The summed E-state index contributed by atoms with van der Waals surface area (Å²) < 4.78 is 0. The van der Waals surface area contributed by atoms with Crippen LogP contribution in [-0.2, 0) is 6.42 Å². The Hall–Kier alpha value is -0.930. The molecule has 0 amide bonds. The lowest BCUT2D eigenvalue weighted by Crippen LogP contribution is -2.44. The van der Waals surface area contributed by atoms with Gasteiger partial charge in [0.25, 0.3) is 0 Å². The Morgan fingerprint density at radius 2 is 2.24 bits per heavy atom. The summed E-state index contributed by atoms with van der Waals surface area (Å²) in [6, 6.07) is 6.27. The zero-order valence-electron chi connectivity index (χ0n) is 13.4. The Morgan fingerprint density at radius 3 is 3.00 bits per heavy atom. The van der Waals surface area contributed by atoms with Crippen molar-refractivity contribution in [1.29, 1.82) is 0 Å². The van der Waals surface area contributed by atoms with Gasteiger partial charge in [0.1, 0.15) is 0 Å². The first kappa shape index (κ1) is 15.0. The van der Waals surface area contributed by atoms with Crippen molar-refractivity contribution >= 4 is 0 Å². The van der Waals surface area contributed by atoms with Crippen LogP contribution in [0.3, 0.4) is 0 Å². The minimum absolute atomic E-state index is 0.404. The largest absolute Gasteiger partial charge is 0.390 e. The van der Waals surface area contributed by atoms with Crippen molar-refractivity contribution in [2.24, 2.45) is 11.8 Å². The van der Waals surface area contributed by atoms with Gasteiger partial charge in [-0.1, -0.05) is 19.4 Å². The maximum atomic E-state index is 10.9. The van der Waals surface area contributed by atoms with Crippen LogP contribution in [0.25, 0.3) is 0 Å². The molecule has 3 heteroatoms. The molecule has 0 aromatic carbocycles. The molecule has 1 aliphatic carbocycles. The van der Waals surface area contributed by atoms with Crippen molar-refractivity contribution in [2.45, 2.75) is 51.6 Å². The van der Waals surface area contributed by atoms with Gasteiger partial charge in [-0.05, 0) is 44.2 Å². The first-order valence-corrected chi connectivity index (χ1v) is 8.48. The number of aryl methyl sites for hydroxylation is 1. The quantitative estimate of drug-likeness (QED) is 0.925. The smallest absolute Gasteiger partial charge is 0.0688 e. The molecule has 3 nitrogen and oxygen atoms in total. The van der Waals surface area contributed by atoms with Gasteiger partial charge in [0.05, 0.1) is 5.60 Å². The summed E-state index contributed by atoms with van der Waals surface area (Å²) in [4.78, 5) is 7.14. The second-order valence-corrected chi connectivity index (χ2v) is 7.00. The number of aromatic nitrogens is 1. The second kappa shape index (κ2) is 6.05. The van der Waals surface area contributed by atoms with Crippen LogP contribution >= 0.6 is 0 Å². The molecule has 1 aromatic heterocycles. The maximum Gasteiger partial charge on any atom is 0.0688 e. The van der Waals surface area contributed by atoms with Crippen LogP contribution in [0.4, 0.5) is 0 Å². The number of likely N-dealkylation sites (tertiary alicyclic amines) is 1. The Balaban J connectivity index is 1.59. The van der Waals surface area contributed by atoms with Gasteiger partial charge < -0.3 is 10.0 Å². The standard InChI is InChI=1S/C18H28N2O/c1-3-18(21)10-5-7-15-12-20(13-17(15)18)11-9-16-8-4-6-14(2)19-16/h4,6,8,15,17,21H,3,5,7,9-13H2,1-2H3/t15-,17+,18-/m0/s1. The van der Waals surface area contributed by atoms with Gasteiger partial charge in [-0.2, -0.15) is 0 Å². The highest BCUT2D eigenvalue weighted by Crippen LogP contribution is 2.44. The van der Waals surface area contributed by atoms with E-state index < -0.39 is 5.60 Å². The van der Waals surface area contributed by atoms with Gasteiger partial charge in [-0.15, -0.1) is 0 Å². The SMILES string of the molecule is CC[C@]1(O)CCC[C@H]2CN(CCc3cccc(C)n3)C[C@H]21. The van der Waals surface area contributed by atoms with Gasteiger partial charge in [0, 0.05) is 43.4 Å². The molecule has 0 bridgehead atoms. The molecular formula is C18H28N2O. The van der Waals surface area contributed by atoms with E-state index in [1.807, 2.05) is 0 Å². The molecule has 3 rings (SSSR count). The molecule has 0 unspecified atom stereocenters. The summed E-state index contributed by atoms with van der Waals surface area (Å²) >= 11 is 0. The number of nitrogens with zero attached hydrogens (tertiary/aromatic N) is 2. The van der Waals surface area contributed by atoms with Crippen LogP contribution < -0.4 is 0 Å². The average molecular weight is 288 g/mol. The number of rotatable bonds is 4. The second-order valence-electron chi connectivity index (χ2n) is 7.00. The lowest BCUT2D eigenvalue weighted by atomic mass is 9.69. The predicted molar refractivity (Wildman–Crippen MR) is 85.2 cm³/mol. The molecule has 116 valence electrons. The van der Waals surface area contributed by atoms with E-state index in [0.717, 1.165) is 38.0 Å². The third-order valence-corrected chi connectivity index (χ3v) is 5.63. The normalized spacial score (nSPS) is 33.1. The maximum absolute atomic E-state index is 10.9. The minimum atomic E-state index is -0.404. The van der Waals surface area contributed by atoms with Crippen molar-refractivity contribution in [3.05, 3.63) is 29.6 Å². The van der Waals surface area contributed by atoms with Crippen LogP contribution in [0.5, 0.6) is 0 Å². The van der Waals surface area contributed by atoms with Crippen molar-refractivity contribution in [3.63, 3.8) is 0 Å². The number of hydrogen-bond donors (Lipinski definition) is 1. The number of pyridine rings is 1. The molecule has 1 saturated heterocycles. The van der Waals surface area contributed by atoms with Crippen molar-refractivity contribution in [3.8, 4) is 0 Å². The summed E-state index contributed by atoms with van der Waals surface area (Å²) in [7, 11) is 0. The van der Waals surface area contributed by atoms with Crippen molar-refractivity contribution < 1.29 is 5.11 Å². The molecule has 0 spiro atoms. The van der Waals surface area contributed by atoms with Gasteiger partial charge >= 0.3 is 0 Å². The third kappa shape index (κ3) is 3.14. The Bertz CT molecular complexity index is 490. The molecular weight excluding hydrogens is 260 g/mol. The fraction of sp³-hybridized carbons (Fsp3) is 0.722. The van der Waals surface area contributed by atoms with Crippen LogP contribution in [0.15, 0.2) is 18.2 Å². The van der Waals surface area contributed by atoms with E-state index in [9.17, 15) is 5.11 Å². The topological polar surface area (TPSA) is 36.4 Å². The van der Waals surface area contributed by atoms with E-state index in [-0.39, 0.29) is 0 Å². The Morgan fingerprint density at radius 1 is 1.38 bits per heavy atom. The Kier molecular flexibility index (Phi) is 4.32. The highest BCUT2D eigenvalue weighted by Gasteiger charge is 2.47. The van der Waals surface area contributed by atoms with Gasteiger partial charge in [-0.3, -0.25) is 4.98 Å². The lowest BCUT2D eigenvalue weighted by molar-refractivity contribution is -0.0612. The monoisotopic (exact) mass is 288 g/mol. The van der Waals surface area contributed by atoms with E-state index in [2.05, 4.69) is 41.9 Å². The molecule has 1 aromatic rings. The van der Waals surface area contributed by atoms with Gasteiger partial charge in [0.15, 0.2) is 0 Å². The van der Waals surface area contributed by atoms with Crippen LogP contribution in [0, 0.1) is 18.8 Å². The molecule has 0 radical (unpaired) electrons. The fourth-order valence-electron chi connectivity index (χ4n) is 4.35. The summed E-state index contributed by atoms with van der Waals surface area (Å²) in [5.74, 6) is 1.19. The first-order chi connectivity index (χ1) is 10.1. The molecule has 1 saturated carbocycles. The van der Waals surface area contributed by atoms with Gasteiger partial charge in [-0.25, -0.2) is 0 Å². The third-order valence-electron chi connectivity index (χ3n) is 5.63. The lowest BCUT2D eigenvalue weighted by Gasteiger charge is -2.40. The predicted octanol–water partition coefficient (Wildman–Crippen LogP) is 2.81.